The van der Waals surface area contributed by atoms with E-state index >= 15 is 0 Å². The Morgan fingerprint density at radius 2 is 1.56 bits per heavy atom. The van der Waals surface area contributed by atoms with Crippen LogP contribution in [0.15, 0.2) is 54.6 Å². The molecule has 0 unspecified atom stereocenters. The minimum Gasteiger partial charge on any atom is -0.370 e. The molecule has 2 aromatic rings. The van der Waals surface area contributed by atoms with Crippen LogP contribution in [0.2, 0.25) is 0 Å². The number of benzene rings is 2. The van der Waals surface area contributed by atoms with Gasteiger partial charge in [0, 0.05) is 18.7 Å². The summed E-state index contributed by atoms with van der Waals surface area (Å²) in [6, 6.07) is 16.7. The van der Waals surface area contributed by atoms with E-state index in [-0.39, 0.29) is 18.4 Å². The van der Waals surface area contributed by atoms with E-state index in [1.165, 1.54) is 19.3 Å². The molecule has 5 nitrogen and oxygen atoms in total. The Kier molecular flexibility index (Phi) is 5.67. The summed E-state index contributed by atoms with van der Waals surface area (Å²) in [5.41, 5.74) is 2.39. The molecule has 0 saturated carbocycles. The minimum absolute atomic E-state index is 0.0535. The molecule has 2 N–H and O–H groups in total. The summed E-state index contributed by atoms with van der Waals surface area (Å²) in [7, 11) is 0. The highest BCUT2D eigenvalue weighted by Crippen LogP contribution is 2.28. The van der Waals surface area contributed by atoms with Crippen LogP contribution < -0.4 is 15.5 Å². The first-order chi connectivity index (χ1) is 12.2. The summed E-state index contributed by atoms with van der Waals surface area (Å²) in [5, 5.41) is 5.57. The normalized spacial score (nSPS) is 14.0. The van der Waals surface area contributed by atoms with Crippen molar-refractivity contribution in [3.63, 3.8) is 0 Å². The van der Waals surface area contributed by atoms with E-state index < -0.39 is 0 Å². The van der Waals surface area contributed by atoms with Crippen molar-refractivity contribution in [2.75, 3.05) is 29.9 Å². The van der Waals surface area contributed by atoms with Gasteiger partial charge in [0.05, 0.1) is 17.9 Å². The molecule has 1 saturated heterocycles. The van der Waals surface area contributed by atoms with Gasteiger partial charge in [0.1, 0.15) is 0 Å². The number of hydrogen-bond acceptors (Lipinski definition) is 3. The zero-order valence-corrected chi connectivity index (χ0v) is 14.2. The van der Waals surface area contributed by atoms with E-state index in [9.17, 15) is 9.59 Å². The van der Waals surface area contributed by atoms with Crippen LogP contribution in [0.1, 0.15) is 29.6 Å². The highest BCUT2D eigenvalue weighted by Gasteiger charge is 2.15. The fourth-order valence-electron chi connectivity index (χ4n) is 3.04. The Morgan fingerprint density at radius 3 is 2.32 bits per heavy atom. The zero-order chi connectivity index (χ0) is 17.5. The van der Waals surface area contributed by atoms with E-state index in [0.717, 1.165) is 24.5 Å². The number of nitrogens with zero attached hydrogens (tertiary/aromatic N) is 1. The second kappa shape index (κ2) is 8.33. The number of rotatable bonds is 5. The Bertz CT molecular complexity index is 725. The highest BCUT2D eigenvalue weighted by molar-refractivity contribution is 6.00. The van der Waals surface area contributed by atoms with Gasteiger partial charge in [0.2, 0.25) is 5.91 Å². The lowest BCUT2D eigenvalue weighted by molar-refractivity contribution is -0.115. The average molecular weight is 337 g/mol. The molecular weight excluding hydrogens is 314 g/mol. The predicted octanol–water partition coefficient (Wildman–Crippen LogP) is 3.05. The van der Waals surface area contributed by atoms with E-state index in [1.807, 2.05) is 30.3 Å². The molecule has 0 aliphatic carbocycles. The summed E-state index contributed by atoms with van der Waals surface area (Å²) in [6.07, 6.45) is 3.61. The van der Waals surface area contributed by atoms with Gasteiger partial charge in [0.15, 0.2) is 0 Å². The number of carbonyl (C=O) groups is 2. The van der Waals surface area contributed by atoms with Gasteiger partial charge in [-0.2, -0.15) is 0 Å². The van der Waals surface area contributed by atoms with Crippen LogP contribution in [0.25, 0.3) is 0 Å². The second-order valence-electron chi connectivity index (χ2n) is 6.16. The monoisotopic (exact) mass is 337 g/mol. The van der Waals surface area contributed by atoms with Gasteiger partial charge < -0.3 is 15.5 Å². The fraction of sp³-hybridized carbons (Fsp3) is 0.300. The smallest absolute Gasteiger partial charge is 0.251 e. The number of piperidine rings is 1. The van der Waals surface area contributed by atoms with E-state index in [0.29, 0.717) is 5.56 Å². The first kappa shape index (κ1) is 17.0. The maximum absolute atomic E-state index is 12.2. The summed E-state index contributed by atoms with van der Waals surface area (Å²) < 4.78 is 0. The summed E-state index contributed by atoms with van der Waals surface area (Å²) in [6.45, 7) is 1.97. The number of anilines is 2. The number of para-hydroxylation sites is 2. The van der Waals surface area contributed by atoms with E-state index in [4.69, 9.17) is 0 Å². The fourth-order valence-corrected chi connectivity index (χ4v) is 3.04. The van der Waals surface area contributed by atoms with Crippen molar-refractivity contribution in [1.29, 1.82) is 0 Å². The van der Waals surface area contributed by atoms with Crippen molar-refractivity contribution in [3.05, 3.63) is 60.2 Å². The molecule has 0 aromatic heterocycles. The largest absolute Gasteiger partial charge is 0.370 e. The highest BCUT2D eigenvalue weighted by atomic mass is 16.2. The molecule has 1 fully saturated rings. The molecule has 0 atom stereocenters. The van der Waals surface area contributed by atoms with Crippen molar-refractivity contribution in [3.8, 4) is 0 Å². The maximum Gasteiger partial charge on any atom is 0.251 e. The molecule has 3 rings (SSSR count). The van der Waals surface area contributed by atoms with E-state index in [1.54, 1.807) is 24.3 Å². The number of carbonyl (C=O) groups excluding carboxylic acids is 2. The Balaban J connectivity index is 1.59. The quantitative estimate of drug-likeness (QED) is 0.881. The summed E-state index contributed by atoms with van der Waals surface area (Å²) >= 11 is 0. The maximum atomic E-state index is 12.2. The molecule has 0 radical (unpaired) electrons. The molecule has 25 heavy (non-hydrogen) atoms. The van der Waals surface area contributed by atoms with Gasteiger partial charge in [-0.05, 0) is 43.5 Å². The molecule has 1 aliphatic heterocycles. The van der Waals surface area contributed by atoms with Crippen LogP contribution in [0, 0.1) is 0 Å². The minimum atomic E-state index is -0.250. The first-order valence-corrected chi connectivity index (χ1v) is 8.71. The first-order valence-electron chi connectivity index (χ1n) is 8.71. The topological polar surface area (TPSA) is 61.4 Å². The van der Waals surface area contributed by atoms with Crippen molar-refractivity contribution in [1.82, 2.24) is 5.32 Å². The van der Waals surface area contributed by atoms with Gasteiger partial charge >= 0.3 is 0 Å². The summed E-state index contributed by atoms with van der Waals surface area (Å²) in [5.74, 6) is -0.478. The van der Waals surface area contributed by atoms with Crippen LogP contribution in [0.4, 0.5) is 11.4 Å². The van der Waals surface area contributed by atoms with Gasteiger partial charge in [-0.1, -0.05) is 30.3 Å². The lowest BCUT2D eigenvalue weighted by Gasteiger charge is -2.30. The molecule has 5 heteroatoms. The Labute approximate surface area is 148 Å². The van der Waals surface area contributed by atoms with Crippen molar-refractivity contribution in [2.45, 2.75) is 19.3 Å². The number of amides is 2. The lowest BCUT2D eigenvalue weighted by Crippen LogP contribution is -2.34. The zero-order valence-electron chi connectivity index (χ0n) is 14.2. The van der Waals surface area contributed by atoms with Crippen LogP contribution >= 0.6 is 0 Å². The molecular formula is C20H23N3O2. The molecule has 130 valence electrons. The van der Waals surface area contributed by atoms with Crippen LogP contribution in [-0.2, 0) is 4.79 Å². The van der Waals surface area contributed by atoms with Gasteiger partial charge in [-0.15, -0.1) is 0 Å². The van der Waals surface area contributed by atoms with Gasteiger partial charge in [0.25, 0.3) is 5.91 Å². The average Bonchev–Trinajstić information content (AvgIpc) is 2.68. The molecule has 1 aliphatic rings. The Hall–Kier alpha value is -2.82. The molecule has 2 amide bonds. The standard InChI is InChI=1S/C20H23N3O2/c24-19(15-21-20(25)16-9-3-1-4-10-16)22-17-11-5-6-12-18(17)23-13-7-2-8-14-23/h1,3-6,9-12H,2,7-8,13-15H2,(H,21,25)(H,22,24). The predicted molar refractivity (Wildman–Crippen MR) is 99.9 cm³/mol. The van der Waals surface area contributed by atoms with Gasteiger partial charge in [-0.25, -0.2) is 0 Å². The van der Waals surface area contributed by atoms with Crippen LogP contribution in [-0.4, -0.2) is 31.4 Å². The molecule has 0 bridgehead atoms. The van der Waals surface area contributed by atoms with Crippen molar-refractivity contribution >= 4 is 23.2 Å². The van der Waals surface area contributed by atoms with E-state index in [2.05, 4.69) is 15.5 Å². The van der Waals surface area contributed by atoms with Crippen molar-refractivity contribution in [2.24, 2.45) is 0 Å². The molecule has 1 heterocycles. The van der Waals surface area contributed by atoms with Crippen molar-refractivity contribution < 1.29 is 9.59 Å². The lowest BCUT2D eigenvalue weighted by atomic mass is 10.1. The third kappa shape index (κ3) is 4.59. The molecule has 0 spiro atoms. The van der Waals surface area contributed by atoms with Gasteiger partial charge in [-0.3, -0.25) is 9.59 Å². The van der Waals surface area contributed by atoms with Crippen LogP contribution in [0.5, 0.6) is 0 Å². The summed E-state index contributed by atoms with van der Waals surface area (Å²) in [4.78, 5) is 26.6. The third-order valence-electron chi connectivity index (χ3n) is 4.32. The third-order valence-corrected chi connectivity index (χ3v) is 4.32. The second-order valence-corrected chi connectivity index (χ2v) is 6.16. The Morgan fingerprint density at radius 1 is 0.880 bits per heavy atom. The van der Waals surface area contributed by atoms with Crippen LogP contribution in [0.3, 0.4) is 0 Å². The number of nitrogens with one attached hydrogen (secondary N) is 2. The molecule has 2 aromatic carbocycles. The number of hydrogen-bond donors (Lipinski definition) is 2. The SMILES string of the molecule is O=C(CNC(=O)c1ccccc1)Nc1ccccc1N1CCCCC1.